The van der Waals surface area contributed by atoms with E-state index in [9.17, 15) is 0 Å². The Bertz CT molecular complexity index is 55.1. The maximum absolute atomic E-state index is 2.18. The van der Waals surface area contributed by atoms with E-state index in [0.717, 1.165) is 0 Å². The van der Waals surface area contributed by atoms with Gasteiger partial charge in [-0.05, 0) is 27.2 Å². The first-order valence-electron chi connectivity index (χ1n) is 2.54. The summed E-state index contributed by atoms with van der Waals surface area (Å²) >= 11 is 0. The summed E-state index contributed by atoms with van der Waals surface area (Å²) in [7, 11) is 4.17. The van der Waals surface area contributed by atoms with Crippen LogP contribution in [0.5, 0.6) is 0 Å². The first-order valence-corrected chi connectivity index (χ1v) is 2.54. The number of hydrogen-bond acceptors (Lipinski definition) is 2. The molecule has 1 aliphatic heterocycles. The quantitative estimate of drug-likeness (QED) is 0.394. The maximum Gasteiger partial charge on any atom is -0.0187 e. The standard InChI is InChI=1S/C5H11N2/c1-6-3-4-7(2)5-6/h5H,3-4H2,1-2H3/q-1. The molecule has 0 unspecified atom stereocenters. The molecule has 0 aromatic rings. The molecule has 0 aromatic heterocycles. The Morgan fingerprint density at radius 2 is 1.57 bits per heavy atom. The Kier molecular flexibility index (Phi) is 1.30. The van der Waals surface area contributed by atoms with E-state index in [-0.39, 0.29) is 0 Å². The first-order chi connectivity index (χ1) is 3.29. The van der Waals surface area contributed by atoms with Crippen LogP contribution in [0.2, 0.25) is 0 Å². The van der Waals surface area contributed by atoms with Crippen molar-refractivity contribution >= 4 is 0 Å². The molecule has 0 bridgehead atoms. The lowest BCUT2D eigenvalue weighted by Gasteiger charge is -2.21. The average molecular weight is 99.2 g/mol. The normalized spacial score (nSPS) is 26.6. The van der Waals surface area contributed by atoms with Crippen LogP contribution < -0.4 is 0 Å². The number of hydrogen-bond donors (Lipinski definition) is 0. The summed E-state index contributed by atoms with van der Waals surface area (Å²) in [4.78, 5) is 4.36. The molecule has 42 valence electrons. The fourth-order valence-corrected chi connectivity index (χ4v) is 0.767. The minimum Gasteiger partial charge on any atom is -0.444 e. The lowest BCUT2D eigenvalue weighted by atomic mass is 10.6. The van der Waals surface area contributed by atoms with Crippen LogP contribution in [0.3, 0.4) is 0 Å². The Labute approximate surface area is 44.7 Å². The fraction of sp³-hybridized carbons (Fsp3) is 0.800. The van der Waals surface area contributed by atoms with E-state index in [1.165, 1.54) is 13.1 Å². The SMILES string of the molecule is CN1[CH-]N(C)CC1. The summed E-state index contributed by atoms with van der Waals surface area (Å²) in [6, 6.07) is 0. The van der Waals surface area contributed by atoms with E-state index in [4.69, 9.17) is 0 Å². The molecule has 0 aliphatic carbocycles. The van der Waals surface area contributed by atoms with Crippen molar-refractivity contribution in [2.45, 2.75) is 0 Å². The van der Waals surface area contributed by atoms with Crippen LogP contribution in [-0.4, -0.2) is 37.0 Å². The van der Waals surface area contributed by atoms with Crippen LogP contribution in [0.4, 0.5) is 0 Å². The zero-order valence-electron chi connectivity index (χ0n) is 4.89. The molecule has 2 nitrogen and oxygen atoms in total. The second kappa shape index (κ2) is 1.80. The molecule has 1 rings (SSSR count). The van der Waals surface area contributed by atoms with Crippen LogP contribution in [0, 0.1) is 6.67 Å². The molecular formula is C5H11N2-. The van der Waals surface area contributed by atoms with Crippen molar-refractivity contribution in [3.8, 4) is 0 Å². The van der Waals surface area contributed by atoms with Gasteiger partial charge in [0.05, 0.1) is 0 Å². The summed E-state index contributed by atoms with van der Waals surface area (Å²) in [5, 5.41) is 0. The third-order valence-corrected chi connectivity index (χ3v) is 1.20. The minimum absolute atomic E-state index is 1.18. The highest BCUT2D eigenvalue weighted by molar-refractivity contribution is 4.73. The van der Waals surface area contributed by atoms with Crippen molar-refractivity contribution in [3.63, 3.8) is 0 Å². The van der Waals surface area contributed by atoms with Crippen molar-refractivity contribution in [2.75, 3.05) is 27.2 Å². The third kappa shape index (κ3) is 1.14. The molecule has 0 radical (unpaired) electrons. The summed E-state index contributed by atoms with van der Waals surface area (Å²) < 4.78 is 0. The molecule has 7 heavy (non-hydrogen) atoms. The van der Waals surface area contributed by atoms with Crippen LogP contribution in [0.25, 0.3) is 0 Å². The summed E-state index contributed by atoms with van der Waals surface area (Å²) in [5.74, 6) is 0. The average Bonchev–Trinajstić information content (AvgIpc) is 1.87. The maximum atomic E-state index is 2.18. The van der Waals surface area contributed by atoms with Gasteiger partial charge in [-0.3, -0.25) is 0 Å². The lowest BCUT2D eigenvalue weighted by molar-refractivity contribution is 0.409. The monoisotopic (exact) mass is 99.1 g/mol. The zero-order valence-corrected chi connectivity index (χ0v) is 4.89. The topological polar surface area (TPSA) is 6.48 Å². The number of nitrogens with zero attached hydrogens (tertiary/aromatic N) is 2. The molecule has 1 heterocycles. The number of rotatable bonds is 0. The Morgan fingerprint density at radius 3 is 1.71 bits per heavy atom. The van der Waals surface area contributed by atoms with Gasteiger partial charge in [-0.25, -0.2) is 6.67 Å². The van der Waals surface area contributed by atoms with Crippen LogP contribution in [-0.2, 0) is 0 Å². The molecule has 1 fully saturated rings. The zero-order chi connectivity index (χ0) is 5.28. The molecule has 0 saturated carbocycles. The van der Waals surface area contributed by atoms with Gasteiger partial charge in [0.1, 0.15) is 0 Å². The molecule has 0 amide bonds. The van der Waals surface area contributed by atoms with Gasteiger partial charge in [0, 0.05) is 0 Å². The predicted molar refractivity (Wildman–Crippen MR) is 29.6 cm³/mol. The van der Waals surface area contributed by atoms with Gasteiger partial charge in [-0.15, -0.1) is 0 Å². The van der Waals surface area contributed by atoms with Crippen molar-refractivity contribution < 1.29 is 0 Å². The second-order valence-corrected chi connectivity index (χ2v) is 2.08. The van der Waals surface area contributed by atoms with Gasteiger partial charge in [0.2, 0.25) is 0 Å². The third-order valence-electron chi connectivity index (χ3n) is 1.20. The van der Waals surface area contributed by atoms with Crippen LogP contribution in [0.15, 0.2) is 0 Å². The Hall–Kier alpha value is -0.0800. The van der Waals surface area contributed by atoms with Gasteiger partial charge in [-0.2, -0.15) is 0 Å². The second-order valence-electron chi connectivity index (χ2n) is 2.08. The first kappa shape index (κ1) is 5.06. The number of likely N-dealkylation sites (N-methyl/N-ethyl adjacent to an activating group) is 2. The predicted octanol–water partition coefficient (Wildman–Crippen LogP) is -0.0171. The van der Waals surface area contributed by atoms with E-state index in [1.54, 1.807) is 0 Å². The van der Waals surface area contributed by atoms with Crippen LogP contribution >= 0.6 is 0 Å². The Balaban J connectivity index is 2.26. The summed E-state index contributed by atoms with van der Waals surface area (Å²) in [6.45, 7) is 4.47. The largest absolute Gasteiger partial charge is 0.444 e. The molecule has 0 atom stereocenters. The van der Waals surface area contributed by atoms with Gasteiger partial charge in [-0.1, -0.05) is 0 Å². The minimum atomic E-state index is 1.18. The van der Waals surface area contributed by atoms with Gasteiger partial charge >= 0.3 is 0 Å². The molecule has 1 aliphatic rings. The summed E-state index contributed by atoms with van der Waals surface area (Å²) in [6.07, 6.45) is 0. The summed E-state index contributed by atoms with van der Waals surface area (Å²) in [5.41, 5.74) is 0. The van der Waals surface area contributed by atoms with Gasteiger partial charge < -0.3 is 9.80 Å². The van der Waals surface area contributed by atoms with Crippen LogP contribution in [0.1, 0.15) is 0 Å². The van der Waals surface area contributed by atoms with Gasteiger partial charge in [0.15, 0.2) is 0 Å². The highest BCUT2D eigenvalue weighted by Crippen LogP contribution is 2.01. The van der Waals surface area contributed by atoms with E-state index in [1.807, 2.05) is 0 Å². The molecule has 2 heteroatoms. The highest BCUT2D eigenvalue weighted by atomic mass is 15.3. The smallest absolute Gasteiger partial charge is 0.0187 e. The molecule has 0 N–H and O–H groups in total. The highest BCUT2D eigenvalue weighted by Gasteiger charge is 1.98. The van der Waals surface area contributed by atoms with Crippen molar-refractivity contribution in [2.24, 2.45) is 0 Å². The molecule has 0 spiro atoms. The van der Waals surface area contributed by atoms with Gasteiger partial charge in [0.25, 0.3) is 0 Å². The van der Waals surface area contributed by atoms with Crippen molar-refractivity contribution in [3.05, 3.63) is 6.67 Å². The fourth-order valence-electron chi connectivity index (χ4n) is 0.767. The Morgan fingerprint density at radius 1 is 1.14 bits per heavy atom. The lowest BCUT2D eigenvalue weighted by Crippen LogP contribution is -2.10. The van der Waals surface area contributed by atoms with Crippen molar-refractivity contribution in [1.82, 2.24) is 9.80 Å². The molecule has 1 saturated heterocycles. The van der Waals surface area contributed by atoms with E-state index >= 15 is 0 Å². The molecule has 0 aromatic carbocycles. The van der Waals surface area contributed by atoms with E-state index in [0.29, 0.717) is 0 Å². The van der Waals surface area contributed by atoms with E-state index < -0.39 is 0 Å². The van der Waals surface area contributed by atoms with E-state index in [2.05, 4.69) is 30.6 Å². The van der Waals surface area contributed by atoms with Crippen molar-refractivity contribution in [1.29, 1.82) is 0 Å². The molecular weight excluding hydrogens is 88.1 g/mol.